The Balaban J connectivity index is 1.27. The molecule has 9 nitrogen and oxygen atoms in total. The number of methoxy groups -OCH3 is 1. The Morgan fingerprint density at radius 3 is 2.33 bits per heavy atom. The Kier molecular flexibility index (Phi) is 12.3. The number of anilines is 3. The van der Waals surface area contributed by atoms with Crippen LogP contribution in [0.15, 0.2) is 89.5 Å². The Bertz CT molecular complexity index is 1830. The van der Waals surface area contributed by atoms with E-state index >= 15 is 0 Å². The molecule has 1 aliphatic carbocycles. The number of fused-ring (bicyclic) bond motifs is 1. The summed E-state index contributed by atoms with van der Waals surface area (Å²) >= 11 is 2.78. The molecule has 3 aromatic carbocycles. The summed E-state index contributed by atoms with van der Waals surface area (Å²) in [5.41, 5.74) is 4.23. The summed E-state index contributed by atoms with van der Waals surface area (Å²) < 4.78 is 5.08. The number of hydrogen-bond acceptors (Lipinski definition) is 8. The quantitative estimate of drug-likeness (QED) is 0.0850. The number of ether oxygens (including phenoxy) is 1. The number of rotatable bonds is 11. The topological polar surface area (TPSA) is 117 Å². The molecule has 0 spiro atoms. The number of amides is 3. The van der Waals surface area contributed by atoms with Crippen LogP contribution in [-0.4, -0.2) is 50.6 Å². The van der Waals surface area contributed by atoms with E-state index in [4.69, 9.17) is 4.74 Å². The van der Waals surface area contributed by atoms with Gasteiger partial charge in [-0.1, -0.05) is 49.2 Å². The summed E-state index contributed by atoms with van der Waals surface area (Å²) in [4.78, 5) is 56.3. The Morgan fingerprint density at radius 2 is 1.61 bits per heavy atom. The van der Waals surface area contributed by atoms with Crippen LogP contribution < -0.4 is 20.9 Å². The van der Waals surface area contributed by atoms with Crippen LogP contribution in [0, 0.1) is 0 Å². The number of benzene rings is 3. The minimum Gasteiger partial charge on any atom is -0.465 e. The monoisotopic (exact) mass is 696 g/mol. The number of nitrogens with one attached hydrogen (secondary N) is 3. The molecule has 0 aliphatic heterocycles. The van der Waals surface area contributed by atoms with Crippen LogP contribution in [-0.2, 0) is 27.2 Å². The summed E-state index contributed by atoms with van der Waals surface area (Å²) in [5.74, 6) is -1.47. The van der Waals surface area contributed by atoms with Crippen LogP contribution in [0.25, 0.3) is 6.08 Å². The lowest BCUT2D eigenvalue weighted by atomic mass is 9.96. The van der Waals surface area contributed by atoms with Crippen molar-refractivity contribution in [3.8, 4) is 0 Å². The van der Waals surface area contributed by atoms with Gasteiger partial charge in [-0.25, -0.2) is 4.79 Å². The van der Waals surface area contributed by atoms with Gasteiger partial charge < -0.3 is 25.6 Å². The van der Waals surface area contributed by atoms with Gasteiger partial charge in [-0.15, -0.1) is 23.1 Å². The van der Waals surface area contributed by atoms with Gasteiger partial charge in [0.05, 0.1) is 18.4 Å². The van der Waals surface area contributed by atoms with Gasteiger partial charge in [-0.3, -0.25) is 14.4 Å². The Hall–Kier alpha value is -4.87. The maximum Gasteiger partial charge on any atom is 0.341 e. The van der Waals surface area contributed by atoms with Crippen molar-refractivity contribution >= 4 is 69.2 Å². The second kappa shape index (κ2) is 17.0. The fraction of sp³-hybridized carbons (Fsp3) is 0.263. The maximum atomic E-state index is 13.6. The highest BCUT2D eigenvalue weighted by molar-refractivity contribution is 8.00. The van der Waals surface area contributed by atoms with Crippen LogP contribution >= 0.6 is 23.1 Å². The van der Waals surface area contributed by atoms with E-state index in [-0.39, 0.29) is 17.4 Å². The number of thioether (sulfide) groups is 1. The van der Waals surface area contributed by atoms with Gasteiger partial charge in [0, 0.05) is 40.8 Å². The average molecular weight is 697 g/mol. The van der Waals surface area contributed by atoms with Crippen molar-refractivity contribution < 1.29 is 23.9 Å². The van der Waals surface area contributed by atoms with Crippen molar-refractivity contribution in [2.75, 3.05) is 42.5 Å². The molecule has 11 heteroatoms. The van der Waals surface area contributed by atoms with Crippen molar-refractivity contribution in [2.24, 2.45) is 0 Å². The number of hydrogen-bond donors (Lipinski definition) is 3. The van der Waals surface area contributed by atoms with Gasteiger partial charge in [0.2, 0.25) is 5.91 Å². The van der Waals surface area contributed by atoms with E-state index in [0.717, 1.165) is 65.1 Å². The van der Waals surface area contributed by atoms with E-state index in [1.165, 1.54) is 30.2 Å². The molecule has 3 N–H and O–H groups in total. The molecule has 1 aliphatic rings. The largest absolute Gasteiger partial charge is 0.465 e. The molecular formula is C38H40N4O5S2. The molecule has 0 saturated heterocycles. The van der Waals surface area contributed by atoms with Crippen LogP contribution in [0.3, 0.4) is 0 Å². The second-order valence-corrected chi connectivity index (χ2v) is 14.0. The summed E-state index contributed by atoms with van der Waals surface area (Å²) in [7, 11) is 5.25. The van der Waals surface area contributed by atoms with E-state index < -0.39 is 17.8 Å². The van der Waals surface area contributed by atoms with E-state index in [9.17, 15) is 19.2 Å². The van der Waals surface area contributed by atoms with Gasteiger partial charge >= 0.3 is 5.97 Å². The highest BCUT2D eigenvalue weighted by Crippen LogP contribution is 2.38. The zero-order valence-electron chi connectivity index (χ0n) is 27.8. The first-order chi connectivity index (χ1) is 23.7. The lowest BCUT2D eigenvalue weighted by Crippen LogP contribution is -2.30. The van der Waals surface area contributed by atoms with Crippen molar-refractivity contribution in [3.63, 3.8) is 0 Å². The lowest BCUT2D eigenvalue weighted by molar-refractivity contribution is -0.114. The molecular weight excluding hydrogens is 657 g/mol. The standard InChI is InChI=1S/C38H40N4O5S2/c1-42(2)28-20-18-25(19-21-28)22-31(40-35(44)26-12-7-6-8-13-26)36(45)39-27-14-11-15-29(23-27)48-24-33(43)41-37-34(38(46)47-3)30-16-9-4-5-10-17-32(30)49-37/h6-8,11-15,18-23H,4-5,9-10,16-17,24H2,1-3H3,(H,39,45)(H,40,44)(H,41,43)/b31-22+. The third-order valence-electron chi connectivity index (χ3n) is 8.02. The van der Waals surface area contributed by atoms with E-state index in [1.54, 1.807) is 48.5 Å². The summed E-state index contributed by atoms with van der Waals surface area (Å²) in [6, 6.07) is 23.5. The summed E-state index contributed by atoms with van der Waals surface area (Å²) in [6.45, 7) is 0. The minimum atomic E-state index is -0.496. The van der Waals surface area contributed by atoms with Gasteiger partial charge in [-0.05, 0) is 85.4 Å². The molecule has 4 aromatic rings. The molecule has 49 heavy (non-hydrogen) atoms. The molecule has 0 atom stereocenters. The third kappa shape index (κ3) is 9.61. The normalized spacial score (nSPS) is 12.9. The lowest BCUT2D eigenvalue weighted by Gasteiger charge is -2.14. The predicted octanol–water partition coefficient (Wildman–Crippen LogP) is 7.40. The molecule has 0 radical (unpaired) electrons. The summed E-state index contributed by atoms with van der Waals surface area (Å²) in [6.07, 6.45) is 7.67. The molecule has 0 fully saturated rings. The first-order valence-corrected chi connectivity index (χ1v) is 17.9. The first-order valence-electron chi connectivity index (χ1n) is 16.1. The third-order valence-corrected chi connectivity index (χ3v) is 10.2. The maximum absolute atomic E-state index is 13.6. The SMILES string of the molecule is COC(=O)c1c(NC(=O)CSc2cccc(NC(=O)/C(=C\c3ccc(N(C)C)cc3)NC(=O)c3ccccc3)c2)sc2c1CCCCCC2. The van der Waals surface area contributed by atoms with E-state index in [1.807, 2.05) is 55.4 Å². The molecule has 5 rings (SSSR count). The fourth-order valence-corrected chi connectivity index (χ4v) is 7.53. The highest BCUT2D eigenvalue weighted by Gasteiger charge is 2.26. The number of aryl methyl sites for hydroxylation is 1. The van der Waals surface area contributed by atoms with Crippen molar-refractivity contribution in [1.82, 2.24) is 5.32 Å². The van der Waals surface area contributed by atoms with Crippen LogP contribution in [0.1, 0.15) is 62.4 Å². The molecule has 1 heterocycles. The van der Waals surface area contributed by atoms with E-state index in [2.05, 4.69) is 16.0 Å². The smallest absolute Gasteiger partial charge is 0.341 e. The molecule has 0 bridgehead atoms. The van der Waals surface area contributed by atoms with Crippen LogP contribution in [0.2, 0.25) is 0 Å². The van der Waals surface area contributed by atoms with Crippen LogP contribution in [0.5, 0.6) is 0 Å². The molecule has 0 saturated carbocycles. The zero-order valence-corrected chi connectivity index (χ0v) is 29.5. The van der Waals surface area contributed by atoms with Crippen molar-refractivity contribution in [1.29, 1.82) is 0 Å². The highest BCUT2D eigenvalue weighted by atomic mass is 32.2. The van der Waals surface area contributed by atoms with Gasteiger partial charge in [0.15, 0.2) is 0 Å². The average Bonchev–Trinajstić information content (AvgIpc) is 3.42. The molecule has 254 valence electrons. The predicted molar refractivity (Wildman–Crippen MR) is 199 cm³/mol. The number of thiophene rings is 1. The number of carbonyl (C=O) groups is 4. The van der Waals surface area contributed by atoms with Crippen LogP contribution in [0.4, 0.5) is 16.4 Å². The van der Waals surface area contributed by atoms with Gasteiger partial charge in [0.25, 0.3) is 11.8 Å². The minimum absolute atomic E-state index is 0.0790. The number of carbonyl (C=O) groups excluding carboxylic acids is 4. The first kappa shape index (κ1) is 35.4. The molecule has 1 aromatic heterocycles. The second-order valence-electron chi connectivity index (χ2n) is 11.8. The fourth-order valence-electron chi connectivity index (χ4n) is 5.48. The number of nitrogens with zero attached hydrogens (tertiary/aromatic N) is 1. The van der Waals surface area contributed by atoms with Gasteiger partial charge in [0.1, 0.15) is 10.7 Å². The summed E-state index contributed by atoms with van der Waals surface area (Å²) in [5, 5.41) is 9.15. The number of esters is 1. The zero-order chi connectivity index (χ0) is 34.8. The van der Waals surface area contributed by atoms with Gasteiger partial charge in [-0.2, -0.15) is 0 Å². The van der Waals surface area contributed by atoms with Crippen molar-refractivity contribution in [3.05, 3.63) is 112 Å². The Morgan fingerprint density at radius 1 is 0.878 bits per heavy atom. The molecule has 0 unspecified atom stereocenters. The van der Waals surface area contributed by atoms with E-state index in [0.29, 0.717) is 21.8 Å². The Labute approximate surface area is 295 Å². The molecule has 3 amide bonds. The van der Waals surface area contributed by atoms with Crippen molar-refractivity contribution in [2.45, 2.75) is 43.4 Å².